The zero-order valence-electron chi connectivity index (χ0n) is 24.2. The Hall–Kier alpha value is -3.09. The Morgan fingerprint density at radius 1 is 0.622 bits per heavy atom. The van der Waals surface area contributed by atoms with Gasteiger partial charge in [0.15, 0.2) is 0 Å². The Balaban J connectivity index is 0.00000276. The van der Waals surface area contributed by atoms with Gasteiger partial charge in [0.2, 0.25) is 5.91 Å². The fourth-order valence-electron chi connectivity index (χ4n) is 4.25. The van der Waals surface area contributed by atoms with Crippen LogP contribution in [0, 0.1) is 0 Å². The first-order chi connectivity index (χ1) is 20.3. The average molecular weight is 665 g/mol. The fraction of sp³-hybridized carbons (Fsp3) is 0.0357. The maximum absolute atomic E-state index is 11.9. The fourth-order valence-corrected chi connectivity index (χ4v) is 5.26. The van der Waals surface area contributed by atoms with Crippen LogP contribution in [0.15, 0.2) is 115 Å². The molecule has 2 radical (unpaired) electrons. The molecule has 5 N–H and O–H groups in total. The zero-order chi connectivity index (χ0) is 30.9. The largest absolute Gasteiger partial charge is 0.398 e. The van der Waals surface area contributed by atoms with Gasteiger partial charge in [0.25, 0.3) is 20.2 Å². The molecule has 0 atom stereocenters. The monoisotopic (exact) mass is 664 g/mol. The topological polar surface area (TPSA) is 213 Å². The molecule has 5 rings (SSSR count). The first kappa shape index (κ1) is 36.4. The van der Waals surface area contributed by atoms with Gasteiger partial charge >= 0.3 is 0 Å². The molecule has 220 valence electrons. The van der Waals surface area contributed by atoms with Crippen molar-refractivity contribution in [3.63, 3.8) is 0 Å². The van der Waals surface area contributed by atoms with E-state index in [9.17, 15) is 30.7 Å². The number of hydrogen-bond donors (Lipinski definition) is 4. The molecular weight excluding hydrogens is 642 g/mol. The van der Waals surface area contributed by atoms with Crippen LogP contribution in [0.3, 0.4) is 0 Å². The van der Waals surface area contributed by atoms with Crippen molar-refractivity contribution in [3.05, 3.63) is 84.9 Å². The van der Waals surface area contributed by atoms with E-state index in [0.717, 1.165) is 0 Å². The summed E-state index contributed by atoms with van der Waals surface area (Å²) < 4.78 is 66.0. The zero-order valence-corrected chi connectivity index (χ0v) is 29.8. The molecule has 13 nitrogen and oxygen atoms in total. The van der Waals surface area contributed by atoms with Crippen LogP contribution >= 0.6 is 0 Å². The van der Waals surface area contributed by atoms with Crippen molar-refractivity contribution >= 4 is 141 Å². The summed E-state index contributed by atoms with van der Waals surface area (Å²) in [5.74, 6) is -0.210. The van der Waals surface area contributed by atoms with Gasteiger partial charge in [-0.25, -0.2) is 0 Å². The van der Waals surface area contributed by atoms with Crippen LogP contribution in [0.25, 0.3) is 21.5 Å². The molecule has 0 spiro atoms. The number of fused-ring (bicyclic) bond motifs is 2. The molecular formula is C28H22N6Na2O7S2. The summed E-state index contributed by atoms with van der Waals surface area (Å²) in [6, 6.07) is 20.7. The van der Waals surface area contributed by atoms with Crippen molar-refractivity contribution in [2.45, 2.75) is 16.7 Å². The number of rotatable bonds is 7. The second kappa shape index (κ2) is 14.6. The molecule has 0 fully saturated rings. The second-order valence-corrected chi connectivity index (χ2v) is 12.1. The molecule has 45 heavy (non-hydrogen) atoms. The van der Waals surface area contributed by atoms with Crippen LogP contribution in [0.1, 0.15) is 6.92 Å². The van der Waals surface area contributed by atoms with Crippen LogP contribution < -0.4 is 11.1 Å². The summed E-state index contributed by atoms with van der Waals surface area (Å²) in [5, 5.41) is 21.3. The van der Waals surface area contributed by atoms with Crippen LogP contribution in [-0.4, -0.2) is 91.0 Å². The van der Waals surface area contributed by atoms with Gasteiger partial charge in [0.1, 0.15) is 0 Å². The smallest absolute Gasteiger partial charge is 0.294 e. The van der Waals surface area contributed by atoms with E-state index < -0.39 is 20.2 Å². The Morgan fingerprint density at radius 3 is 1.58 bits per heavy atom. The summed E-state index contributed by atoms with van der Waals surface area (Å²) in [5.41, 5.74) is 8.29. The van der Waals surface area contributed by atoms with E-state index in [1.165, 1.54) is 49.4 Å². The molecule has 0 aromatic heterocycles. The molecule has 0 unspecified atom stereocenters. The third-order valence-corrected chi connectivity index (χ3v) is 7.96. The number of nitrogens with one attached hydrogen (secondary N) is 1. The molecule has 1 amide bonds. The number of carbonyl (C=O) groups excluding carboxylic acids is 1. The molecule has 0 heterocycles. The molecule has 0 saturated heterocycles. The Labute approximate surface area is 302 Å². The number of nitrogens with zero attached hydrogens (tertiary/aromatic N) is 4. The van der Waals surface area contributed by atoms with Gasteiger partial charge in [-0.3, -0.25) is 13.9 Å². The van der Waals surface area contributed by atoms with E-state index in [2.05, 4.69) is 25.8 Å². The van der Waals surface area contributed by atoms with E-state index in [1.54, 1.807) is 42.5 Å². The predicted octanol–water partition coefficient (Wildman–Crippen LogP) is 6.10. The minimum absolute atomic E-state index is 0. The quantitative estimate of drug-likeness (QED) is 0.0689. The normalized spacial score (nSPS) is 11.9. The molecule has 0 aliphatic rings. The van der Waals surface area contributed by atoms with Crippen molar-refractivity contribution in [3.8, 4) is 0 Å². The van der Waals surface area contributed by atoms with Crippen LogP contribution in [0.5, 0.6) is 0 Å². The van der Waals surface area contributed by atoms with Crippen molar-refractivity contribution in [2.24, 2.45) is 20.5 Å². The molecule has 0 bridgehead atoms. The van der Waals surface area contributed by atoms with Crippen LogP contribution in [0.2, 0.25) is 0 Å². The van der Waals surface area contributed by atoms with Crippen molar-refractivity contribution in [1.29, 1.82) is 0 Å². The van der Waals surface area contributed by atoms with Crippen LogP contribution in [-0.2, 0) is 25.0 Å². The SMILES string of the molecule is CC(=O)Nc1ccc(N=Nc2ccc(N=Nc3ccc(N)c4cc(S(=O)(=O)O)ccc34)c3cc(S(=O)(=O)O)ccc23)cc1.[Na].[Na]. The number of azo groups is 2. The minimum atomic E-state index is -4.55. The van der Waals surface area contributed by atoms with Gasteiger partial charge < -0.3 is 11.1 Å². The van der Waals surface area contributed by atoms with E-state index in [-0.39, 0.29) is 86.2 Å². The van der Waals surface area contributed by atoms with Gasteiger partial charge in [0.05, 0.1) is 32.5 Å². The summed E-state index contributed by atoms with van der Waals surface area (Å²) in [6.45, 7) is 1.40. The summed E-state index contributed by atoms with van der Waals surface area (Å²) in [6.07, 6.45) is 0. The van der Waals surface area contributed by atoms with Gasteiger partial charge in [0, 0.05) is 99.0 Å². The Morgan fingerprint density at radius 2 is 1.07 bits per heavy atom. The number of carbonyl (C=O) groups is 1. The van der Waals surface area contributed by atoms with Gasteiger partial charge in [-0.05, 0) is 72.8 Å². The van der Waals surface area contributed by atoms with E-state index >= 15 is 0 Å². The van der Waals surface area contributed by atoms with Crippen molar-refractivity contribution in [1.82, 2.24) is 0 Å². The number of amides is 1. The van der Waals surface area contributed by atoms with E-state index in [0.29, 0.717) is 44.3 Å². The number of benzene rings is 5. The molecule has 5 aromatic rings. The molecule has 0 aliphatic heterocycles. The summed E-state index contributed by atoms with van der Waals surface area (Å²) >= 11 is 0. The van der Waals surface area contributed by atoms with Gasteiger partial charge in [-0.2, -0.15) is 21.9 Å². The van der Waals surface area contributed by atoms with E-state index in [1.807, 2.05) is 0 Å². The Bertz CT molecular complexity index is 2210. The maximum Gasteiger partial charge on any atom is 0.294 e. The number of nitrogens with two attached hydrogens (primary N) is 1. The Kier molecular flexibility index (Phi) is 11.8. The third kappa shape index (κ3) is 8.59. The van der Waals surface area contributed by atoms with Gasteiger partial charge in [-0.1, -0.05) is 12.1 Å². The first-order valence-electron chi connectivity index (χ1n) is 12.3. The summed E-state index contributed by atoms with van der Waals surface area (Å²) in [7, 11) is -9.01. The average Bonchev–Trinajstić information content (AvgIpc) is 2.95. The number of hydrogen-bond acceptors (Lipinski definition) is 10. The van der Waals surface area contributed by atoms with Crippen molar-refractivity contribution < 1.29 is 30.7 Å². The standard InChI is InChI=1S/C28H22N6O7S2.2Na/c1-16(35)30-17-2-4-18(5-3-17)31-32-27-12-13-28(24-15-20(43(39,40)41)7-9-22(24)27)34-33-26-11-10-25(29)23-14-19(42(36,37)38)6-8-21(23)26;;/h2-15H,29H2,1H3,(H,30,35)(H,36,37,38)(H,39,40,41);;. The maximum atomic E-state index is 11.9. The van der Waals surface area contributed by atoms with E-state index in [4.69, 9.17) is 5.73 Å². The van der Waals surface area contributed by atoms with Crippen molar-refractivity contribution in [2.75, 3.05) is 11.1 Å². The molecule has 0 aliphatic carbocycles. The van der Waals surface area contributed by atoms with Gasteiger partial charge in [-0.15, -0.1) is 15.3 Å². The third-order valence-electron chi connectivity index (χ3n) is 6.26. The second-order valence-electron chi connectivity index (χ2n) is 9.27. The predicted molar refractivity (Wildman–Crippen MR) is 173 cm³/mol. The molecule has 5 aromatic carbocycles. The van der Waals surface area contributed by atoms with Crippen LogP contribution in [0.4, 0.5) is 34.1 Å². The minimum Gasteiger partial charge on any atom is -0.398 e. The first-order valence-corrected chi connectivity index (χ1v) is 15.2. The molecule has 0 saturated carbocycles. The molecule has 17 heteroatoms. The number of anilines is 2. The summed E-state index contributed by atoms with van der Waals surface area (Å²) in [4.78, 5) is 10.5. The number of nitrogen functional groups attached to an aromatic ring is 1.